The van der Waals surface area contributed by atoms with Crippen LogP contribution in [0.15, 0.2) is 24.6 Å². The predicted octanol–water partition coefficient (Wildman–Crippen LogP) is 6.57. The van der Waals surface area contributed by atoms with E-state index in [1.165, 1.54) is 51.4 Å². The Morgan fingerprint density at radius 1 is 0.640 bits per heavy atom. The maximum atomic E-state index is 6.36. The van der Waals surface area contributed by atoms with Crippen LogP contribution in [0, 0.1) is 0 Å². The Morgan fingerprint density at radius 2 is 1.00 bits per heavy atom. The summed E-state index contributed by atoms with van der Waals surface area (Å²) in [5.74, 6) is 0. The molecule has 0 aromatic rings. The highest BCUT2D eigenvalue weighted by Crippen LogP contribution is 2.20. The van der Waals surface area contributed by atoms with Gasteiger partial charge in [-0.2, -0.15) is 0 Å². The lowest BCUT2D eigenvalue weighted by molar-refractivity contribution is 0.197. The van der Waals surface area contributed by atoms with Gasteiger partial charge in [0, 0.05) is 13.2 Å². The van der Waals surface area contributed by atoms with E-state index in [0.717, 1.165) is 26.1 Å². The van der Waals surface area contributed by atoms with Gasteiger partial charge in [0.1, 0.15) is 0 Å². The second-order valence-corrected chi connectivity index (χ2v) is 13.3. The van der Waals surface area contributed by atoms with Crippen molar-refractivity contribution in [2.45, 2.75) is 91.1 Å². The first-order valence-electron chi connectivity index (χ1n) is 10.2. The fraction of sp³-hybridized carbons (Fsp3) is 0.800. The molecule has 0 spiro atoms. The number of unbranched alkanes of at least 4 members (excludes halogenated alkanes) is 8. The van der Waals surface area contributed by atoms with E-state index in [2.05, 4.69) is 40.1 Å². The molecular formula is C20H42O3Si2. The average molecular weight is 387 g/mol. The normalized spacial score (nSPS) is 16.2. The molecule has 0 aliphatic rings. The minimum atomic E-state index is -2.40. The summed E-state index contributed by atoms with van der Waals surface area (Å²) < 4.78 is 18.6. The van der Waals surface area contributed by atoms with Crippen LogP contribution in [-0.4, -0.2) is 30.3 Å². The minimum absolute atomic E-state index is 0.738. The van der Waals surface area contributed by atoms with E-state index >= 15 is 0 Å². The van der Waals surface area contributed by atoms with Gasteiger partial charge >= 0.3 is 17.1 Å². The number of hydrogen-bond acceptors (Lipinski definition) is 3. The fourth-order valence-corrected chi connectivity index (χ4v) is 8.32. The van der Waals surface area contributed by atoms with E-state index in [9.17, 15) is 0 Å². The van der Waals surface area contributed by atoms with Crippen molar-refractivity contribution in [3.05, 3.63) is 24.6 Å². The molecule has 0 aliphatic carbocycles. The summed E-state index contributed by atoms with van der Waals surface area (Å²) in [6.45, 7) is 17.9. The van der Waals surface area contributed by atoms with Gasteiger partial charge in [-0.3, -0.25) is 0 Å². The molecule has 3 nitrogen and oxygen atoms in total. The van der Waals surface area contributed by atoms with Crippen LogP contribution >= 0.6 is 0 Å². The number of rotatable bonds is 18. The fourth-order valence-electron chi connectivity index (χ4n) is 2.62. The van der Waals surface area contributed by atoms with E-state index in [1.807, 2.05) is 11.4 Å². The zero-order valence-electron chi connectivity index (χ0n) is 17.3. The van der Waals surface area contributed by atoms with Gasteiger partial charge in [0.15, 0.2) is 0 Å². The second kappa shape index (κ2) is 14.9. The Morgan fingerprint density at radius 3 is 1.44 bits per heavy atom. The molecule has 0 saturated heterocycles. The van der Waals surface area contributed by atoms with E-state index in [-0.39, 0.29) is 0 Å². The van der Waals surface area contributed by atoms with E-state index in [1.54, 1.807) is 0 Å². The van der Waals surface area contributed by atoms with E-state index in [0.29, 0.717) is 0 Å². The molecule has 0 bridgehead atoms. The zero-order chi connectivity index (χ0) is 19.0. The van der Waals surface area contributed by atoms with Gasteiger partial charge < -0.3 is 13.0 Å². The molecule has 0 aromatic heterocycles. The largest absolute Gasteiger partial charge is 0.409 e. The van der Waals surface area contributed by atoms with Crippen molar-refractivity contribution in [1.82, 2.24) is 0 Å². The third kappa shape index (κ3) is 12.7. The summed E-state index contributed by atoms with van der Waals surface area (Å²) >= 11 is 0. The summed E-state index contributed by atoms with van der Waals surface area (Å²) in [5, 5.41) is 0. The highest BCUT2D eigenvalue weighted by molar-refractivity contribution is 6.84. The highest BCUT2D eigenvalue weighted by atomic mass is 28.5. The maximum Gasteiger partial charge on any atom is 0.352 e. The van der Waals surface area contributed by atoms with Crippen LogP contribution in [0.4, 0.5) is 0 Å². The van der Waals surface area contributed by atoms with E-state index < -0.39 is 17.1 Å². The van der Waals surface area contributed by atoms with Gasteiger partial charge in [-0.05, 0) is 25.9 Å². The SMILES string of the molecule is C=C[Si](C)(OCCCCC)O[Si](C)(C=C)OCCCCCCCCC. The van der Waals surface area contributed by atoms with Crippen LogP contribution in [0.3, 0.4) is 0 Å². The van der Waals surface area contributed by atoms with Crippen molar-refractivity contribution >= 4 is 17.1 Å². The summed E-state index contributed by atoms with van der Waals surface area (Å²) in [6, 6.07) is 0. The first kappa shape index (κ1) is 24.8. The lowest BCUT2D eigenvalue weighted by atomic mass is 10.1. The Balaban J connectivity index is 4.18. The minimum Gasteiger partial charge on any atom is -0.409 e. The topological polar surface area (TPSA) is 27.7 Å². The summed E-state index contributed by atoms with van der Waals surface area (Å²) in [7, 11) is -4.79. The summed E-state index contributed by atoms with van der Waals surface area (Å²) in [5.41, 5.74) is 3.74. The first-order valence-corrected chi connectivity index (χ1v) is 15.0. The van der Waals surface area contributed by atoms with Crippen LogP contribution in [0.1, 0.15) is 78.1 Å². The van der Waals surface area contributed by atoms with Gasteiger partial charge in [-0.1, -0.05) is 76.6 Å². The van der Waals surface area contributed by atoms with Gasteiger partial charge in [-0.15, -0.1) is 13.2 Å². The van der Waals surface area contributed by atoms with Gasteiger partial charge in [0.25, 0.3) is 0 Å². The Labute approximate surface area is 159 Å². The van der Waals surface area contributed by atoms with Crippen LogP contribution in [0.5, 0.6) is 0 Å². The molecule has 0 rings (SSSR count). The molecule has 0 saturated carbocycles. The molecule has 25 heavy (non-hydrogen) atoms. The molecule has 148 valence electrons. The standard InChI is InChI=1S/C20H42O3Si2/c1-7-11-13-14-15-16-18-20-22-25(6,10-4)23-24(5,9-3)21-19-17-12-8-2/h9-10H,3-4,7-8,11-20H2,1-2,5-6H3. The molecule has 5 heteroatoms. The lowest BCUT2D eigenvalue weighted by Gasteiger charge is -2.33. The van der Waals surface area contributed by atoms with E-state index in [4.69, 9.17) is 13.0 Å². The zero-order valence-corrected chi connectivity index (χ0v) is 19.3. The van der Waals surface area contributed by atoms with Crippen LogP contribution in [-0.2, 0) is 13.0 Å². The molecule has 0 aromatic carbocycles. The maximum absolute atomic E-state index is 6.36. The number of hydrogen-bond donors (Lipinski definition) is 0. The second-order valence-electron chi connectivity index (χ2n) is 7.07. The van der Waals surface area contributed by atoms with Crippen LogP contribution < -0.4 is 0 Å². The molecule has 0 radical (unpaired) electrons. The van der Waals surface area contributed by atoms with Crippen LogP contribution in [0.25, 0.3) is 0 Å². The quantitative estimate of drug-likeness (QED) is 0.197. The Hall–Kier alpha value is -0.206. The van der Waals surface area contributed by atoms with Gasteiger partial charge in [0.2, 0.25) is 0 Å². The molecule has 2 atom stereocenters. The first-order chi connectivity index (χ1) is 11.9. The molecular weight excluding hydrogens is 344 g/mol. The smallest absolute Gasteiger partial charge is 0.352 e. The Bertz CT molecular complexity index is 352. The monoisotopic (exact) mass is 386 g/mol. The van der Waals surface area contributed by atoms with Crippen molar-refractivity contribution in [3.8, 4) is 0 Å². The van der Waals surface area contributed by atoms with Gasteiger partial charge in [-0.25, -0.2) is 0 Å². The van der Waals surface area contributed by atoms with Crippen molar-refractivity contribution in [2.24, 2.45) is 0 Å². The lowest BCUT2D eigenvalue weighted by Crippen LogP contribution is -2.50. The van der Waals surface area contributed by atoms with Crippen LogP contribution in [0.2, 0.25) is 13.1 Å². The third-order valence-corrected chi connectivity index (χ3v) is 10.7. The Kier molecular flexibility index (Phi) is 14.8. The molecule has 0 amide bonds. The van der Waals surface area contributed by atoms with Crippen molar-refractivity contribution in [3.63, 3.8) is 0 Å². The predicted molar refractivity (Wildman–Crippen MR) is 114 cm³/mol. The molecule has 0 N–H and O–H groups in total. The van der Waals surface area contributed by atoms with Crippen molar-refractivity contribution in [1.29, 1.82) is 0 Å². The van der Waals surface area contributed by atoms with Crippen molar-refractivity contribution < 1.29 is 13.0 Å². The molecule has 2 unspecified atom stereocenters. The molecule has 0 aliphatic heterocycles. The van der Waals surface area contributed by atoms with Crippen molar-refractivity contribution in [2.75, 3.05) is 13.2 Å². The third-order valence-electron chi connectivity index (χ3n) is 4.42. The summed E-state index contributed by atoms with van der Waals surface area (Å²) in [4.78, 5) is 0. The highest BCUT2D eigenvalue weighted by Gasteiger charge is 2.39. The summed E-state index contributed by atoms with van der Waals surface area (Å²) in [6.07, 6.45) is 12.4. The molecule has 0 heterocycles. The van der Waals surface area contributed by atoms with Gasteiger partial charge in [0.05, 0.1) is 0 Å². The average Bonchev–Trinajstić information content (AvgIpc) is 2.61. The molecule has 0 fully saturated rings.